The Balaban J connectivity index is 0.000000211. The van der Waals surface area contributed by atoms with Crippen LogP contribution in [0.4, 0.5) is 0 Å². The fraction of sp³-hybridized carbons (Fsp3) is 0.250. The predicted molar refractivity (Wildman–Crippen MR) is 143 cm³/mol. The smallest absolute Gasteiger partial charge is 0.280 e. The van der Waals surface area contributed by atoms with E-state index in [-0.39, 0.29) is 10.1 Å². The van der Waals surface area contributed by atoms with E-state index in [1.165, 1.54) is 12.1 Å². The Hall–Kier alpha value is -3.39. The van der Waals surface area contributed by atoms with Crippen molar-refractivity contribution < 1.29 is 26.3 Å². The fourth-order valence-corrected chi connectivity index (χ4v) is 4.63. The van der Waals surface area contributed by atoms with Gasteiger partial charge in [0.25, 0.3) is 19.1 Å². The van der Waals surface area contributed by atoms with Crippen molar-refractivity contribution in [3.63, 3.8) is 0 Å². The van der Waals surface area contributed by atoms with E-state index in [0.29, 0.717) is 13.1 Å². The number of hydrogen-bond donors (Lipinski definition) is 1. The number of methoxy groups -OCH3 is 2. The van der Waals surface area contributed by atoms with Gasteiger partial charge in [-0.1, -0.05) is 24.3 Å². The molecule has 0 unspecified atom stereocenters. The summed E-state index contributed by atoms with van der Waals surface area (Å²) in [5, 5.41) is 12.8. The van der Waals surface area contributed by atoms with Gasteiger partial charge in [-0.2, -0.15) is 10.2 Å². The number of halogens is 1. The number of primary sulfonamides is 1. The number of ether oxygens (including phenoxy) is 2. The van der Waals surface area contributed by atoms with Crippen molar-refractivity contribution in [2.45, 2.75) is 37.0 Å². The van der Waals surface area contributed by atoms with E-state index in [2.05, 4.69) is 10.2 Å². The van der Waals surface area contributed by atoms with Gasteiger partial charge in [-0.25, -0.2) is 22.0 Å². The SMILES string of the molecule is COc1ccc(Cn2nc(S(=O)(=O)Cl)cc2C)cc1.COc1ccc(Cn2nc(S(N)(=O)=O)cc2C)cc1. The second-order valence-corrected chi connectivity index (χ2v) is 12.3. The maximum atomic E-state index is 11.2. The summed E-state index contributed by atoms with van der Waals surface area (Å²) in [4.78, 5) is 0. The molecule has 38 heavy (non-hydrogen) atoms. The number of nitrogens with zero attached hydrogens (tertiary/aromatic N) is 4. The second kappa shape index (κ2) is 12.0. The monoisotopic (exact) mass is 581 g/mol. The third kappa shape index (κ3) is 7.81. The minimum atomic E-state index is -3.79. The molecule has 14 heteroatoms. The van der Waals surface area contributed by atoms with Gasteiger partial charge in [0.15, 0.2) is 10.1 Å². The van der Waals surface area contributed by atoms with Gasteiger partial charge in [-0.3, -0.25) is 9.36 Å². The van der Waals surface area contributed by atoms with E-state index in [0.717, 1.165) is 34.0 Å². The molecule has 0 saturated heterocycles. The van der Waals surface area contributed by atoms with Crippen LogP contribution >= 0.6 is 10.7 Å². The predicted octanol–water partition coefficient (Wildman–Crippen LogP) is 3.07. The van der Waals surface area contributed by atoms with Gasteiger partial charge >= 0.3 is 0 Å². The van der Waals surface area contributed by atoms with Crippen LogP contribution in [0.3, 0.4) is 0 Å². The summed E-state index contributed by atoms with van der Waals surface area (Å²) in [5.74, 6) is 1.54. The molecule has 2 aromatic heterocycles. The molecule has 0 saturated carbocycles. The summed E-state index contributed by atoms with van der Waals surface area (Å²) in [6, 6.07) is 17.9. The minimum absolute atomic E-state index is 0.112. The number of sulfonamides is 1. The van der Waals surface area contributed by atoms with Gasteiger partial charge < -0.3 is 9.47 Å². The first-order chi connectivity index (χ1) is 17.8. The van der Waals surface area contributed by atoms with Crippen molar-refractivity contribution in [1.82, 2.24) is 19.6 Å². The van der Waals surface area contributed by atoms with Gasteiger partial charge in [0.1, 0.15) is 11.5 Å². The third-order valence-electron chi connectivity index (χ3n) is 5.44. The van der Waals surface area contributed by atoms with Gasteiger partial charge in [-0.15, -0.1) is 0 Å². The van der Waals surface area contributed by atoms with Crippen molar-refractivity contribution >= 4 is 29.8 Å². The summed E-state index contributed by atoms with van der Waals surface area (Å²) >= 11 is 0. The molecule has 2 aromatic carbocycles. The Morgan fingerprint density at radius 2 is 1.11 bits per heavy atom. The minimum Gasteiger partial charge on any atom is -0.497 e. The molecule has 0 aliphatic heterocycles. The molecule has 0 spiro atoms. The average Bonchev–Trinajstić information content (AvgIpc) is 3.43. The lowest BCUT2D eigenvalue weighted by Crippen LogP contribution is -2.13. The van der Waals surface area contributed by atoms with Crippen LogP contribution in [0.2, 0.25) is 0 Å². The van der Waals surface area contributed by atoms with Gasteiger partial charge in [-0.05, 0) is 61.4 Å². The Labute approximate surface area is 226 Å². The van der Waals surface area contributed by atoms with Crippen LogP contribution < -0.4 is 14.6 Å². The number of nitrogens with two attached hydrogens (primary N) is 1. The first kappa shape index (κ1) is 29.2. The van der Waals surface area contributed by atoms with E-state index in [1.807, 2.05) is 48.5 Å². The van der Waals surface area contributed by atoms with E-state index in [9.17, 15) is 16.8 Å². The quantitative estimate of drug-likeness (QED) is 0.312. The highest BCUT2D eigenvalue weighted by molar-refractivity contribution is 8.13. The van der Waals surface area contributed by atoms with Crippen LogP contribution in [-0.2, 0) is 32.2 Å². The summed E-state index contributed by atoms with van der Waals surface area (Å²) in [7, 11) is 0.923. The van der Waals surface area contributed by atoms with E-state index in [1.54, 1.807) is 37.4 Å². The summed E-state index contributed by atoms with van der Waals surface area (Å²) in [6.07, 6.45) is 0. The molecule has 2 heterocycles. The molecule has 0 aliphatic carbocycles. The number of aromatic nitrogens is 4. The van der Waals surface area contributed by atoms with Crippen LogP contribution in [0.1, 0.15) is 22.5 Å². The van der Waals surface area contributed by atoms with Crippen molar-refractivity contribution in [2.24, 2.45) is 5.14 Å². The first-order valence-electron chi connectivity index (χ1n) is 11.1. The van der Waals surface area contributed by atoms with Crippen LogP contribution in [0.5, 0.6) is 11.5 Å². The van der Waals surface area contributed by atoms with Gasteiger partial charge in [0.05, 0.1) is 27.3 Å². The van der Waals surface area contributed by atoms with Crippen molar-refractivity contribution in [1.29, 1.82) is 0 Å². The topological polar surface area (TPSA) is 148 Å². The number of hydrogen-bond acceptors (Lipinski definition) is 8. The molecule has 204 valence electrons. The van der Waals surface area contributed by atoms with E-state index >= 15 is 0 Å². The molecule has 4 aromatic rings. The van der Waals surface area contributed by atoms with Crippen LogP contribution in [0.15, 0.2) is 70.7 Å². The van der Waals surface area contributed by atoms with Gasteiger partial charge in [0.2, 0.25) is 0 Å². The maximum absolute atomic E-state index is 11.2. The van der Waals surface area contributed by atoms with E-state index < -0.39 is 19.1 Å². The van der Waals surface area contributed by atoms with Crippen LogP contribution in [-0.4, -0.2) is 50.6 Å². The molecule has 11 nitrogen and oxygen atoms in total. The molecule has 2 N–H and O–H groups in total. The van der Waals surface area contributed by atoms with E-state index in [4.69, 9.17) is 25.3 Å². The summed E-state index contributed by atoms with van der Waals surface area (Å²) in [5.41, 5.74) is 3.45. The molecule has 0 radical (unpaired) electrons. The van der Waals surface area contributed by atoms with Crippen molar-refractivity contribution in [3.8, 4) is 11.5 Å². The maximum Gasteiger partial charge on any atom is 0.280 e. The van der Waals surface area contributed by atoms with Crippen LogP contribution in [0.25, 0.3) is 0 Å². The molecule has 0 fully saturated rings. The molecule has 0 bridgehead atoms. The zero-order valence-corrected chi connectivity index (χ0v) is 23.6. The Bertz CT molecular complexity index is 1480. The standard InChI is InChI=1S/C12H13ClN2O3S.C12H15N3O3S/c2*1-9-7-12(19(13,16)17)14-15(9)8-10-3-5-11(18-2)6-4-10/h3-7H,8H2,1-2H3;3-7H,8H2,1-2H3,(H2,13,16,17). The second-order valence-electron chi connectivity index (χ2n) is 8.24. The molecule has 4 rings (SSSR count). The highest BCUT2D eigenvalue weighted by atomic mass is 35.7. The first-order valence-corrected chi connectivity index (χ1v) is 15.0. The Morgan fingerprint density at radius 1 is 0.737 bits per heavy atom. The average molecular weight is 582 g/mol. The molecular weight excluding hydrogens is 554 g/mol. The largest absolute Gasteiger partial charge is 0.497 e. The number of aryl methyl sites for hydroxylation is 2. The lowest BCUT2D eigenvalue weighted by atomic mass is 10.2. The van der Waals surface area contributed by atoms with Crippen LogP contribution in [0, 0.1) is 13.8 Å². The lowest BCUT2D eigenvalue weighted by Gasteiger charge is -2.05. The molecule has 0 atom stereocenters. The van der Waals surface area contributed by atoms with Crippen molar-refractivity contribution in [3.05, 3.63) is 83.2 Å². The Morgan fingerprint density at radius 3 is 1.39 bits per heavy atom. The summed E-state index contributed by atoms with van der Waals surface area (Å²) in [6.45, 7) is 4.51. The zero-order valence-electron chi connectivity index (χ0n) is 21.2. The highest BCUT2D eigenvalue weighted by Gasteiger charge is 2.16. The third-order valence-corrected chi connectivity index (χ3v) is 7.40. The summed E-state index contributed by atoms with van der Waals surface area (Å²) < 4.78 is 58.2. The Kier molecular flexibility index (Phi) is 9.20. The van der Waals surface area contributed by atoms with Gasteiger partial charge in [0, 0.05) is 22.1 Å². The van der Waals surface area contributed by atoms with Crippen molar-refractivity contribution in [2.75, 3.05) is 14.2 Å². The highest BCUT2D eigenvalue weighted by Crippen LogP contribution is 2.17. The lowest BCUT2D eigenvalue weighted by molar-refractivity contribution is 0.414. The molecule has 0 amide bonds. The number of rotatable bonds is 8. The normalized spacial score (nSPS) is 11.5. The zero-order chi connectivity index (χ0) is 28.1. The molecule has 0 aliphatic rings. The molecular formula is C24H28ClN5O6S2. The number of benzene rings is 2. The fourth-order valence-electron chi connectivity index (χ4n) is 3.35.